The van der Waals surface area contributed by atoms with E-state index < -0.39 is 0 Å². The molecular formula is C8H8NO2S. The summed E-state index contributed by atoms with van der Waals surface area (Å²) in [5.74, 6) is 1.60. The quantitative estimate of drug-likeness (QED) is 0.442. The molecule has 0 bridgehead atoms. The molecule has 63 valence electrons. The van der Waals surface area contributed by atoms with Crippen LogP contribution in [0.3, 0.4) is 0 Å². The highest BCUT2D eigenvalue weighted by Crippen LogP contribution is 2.18. The van der Waals surface area contributed by atoms with Crippen molar-refractivity contribution in [1.82, 2.24) is 0 Å². The summed E-state index contributed by atoms with van der Waals surface area (Å²) in [5, 5.41) is 10.5. The van der Waals surface area contributed by atoms with E-state index in [-0.39, 0.29) is 10.6 Å². The minimum Gasteiger partial charge on any atom is -0.258 e. The monoisotopic (exact) mass is 182 g/mol. The minimum absolute atomic E-state index is 0.155. The second-order valence-corrected chi connectivity index (χ2v) is 2.64. The number of rotatable bonds is 3. The maximum Gasteiger partial charge on any atom is 0.272 e. The zero-order chi connectivity index (χ0) is 8.97. The molecule has 0 amide bonds. The largest absolute Gasteiger partial charge is 0.272 e. The number of nitro groups is 1. The molecule has 0 fully saturated rings. The van der Waals surface area contributed by atoms with E-state index in [9.17, 15) is 10.1 Å². The van der Waals surface area contributed by atoms with Crippen LogP contribution in [-0.4, -0.2) is 4.92 Å². The van der Waals surface area contributed by atoms with E-state index in [4.69, 9.17) is 0 Å². The number of nitro benzene ring substituents is 1. The minimum atomic E-state index is -0.382. The van der Waals surface area contributed by atoms with Gasteiger partial charge in [-0.25, -0.2) is 0 Å². The van der Waals surface area contributed by atoms with Crippen LogP contribution >= 0.6 is 12.6 Å². The van der Waals surface area contributed by atoms with Gasteiger partial charge in [-0.3, -0.25) is 10.1 Å². The van der Waals surface area contributed by atoms with Crippen LogP contribution < -0.4 is 0 Å². The van der Waals surface area contributed by atoms with Crippen molar-refractivity contribution in [2.24, 2.45) is 0 Å². The van der Waals surface area contributed by atoms with E-state index in [0.717, 1.165) is 0 Å². The Labute approximate surface area is 76.0 Å². The molecule has 4 heteroatoms. The molecule has 1 rings (SSSR count). The highest BCUT2D eigenvalue weighted by Gasteiger charge is 2.10. The van der Waals surface area contributed by atoms with Gasteiger partial charge in [-0.1, -0.05) is 18.2 Å². The summed E-state index contributed by atoms with van der Waals surface area (Å²) < 4.78 is 0. The summed E-state index contributed by atoms with van der Waals surface area (Å²) in [6.45, 7) is 0. The molecule has 0 N–H and O–H groups in total. The van der Waals surface area contributed by atoms with Gasteiger partial charge >= 0.3 is 0 Å². The summed E-state index contributed by atoms with van der Waals surface area (Å²) in [7, 11) is 0. The van der Waals surface area contributed by atoms with Crippen LogP contribution in [0.2, 0.25) is 0 Å². The number of thiol groups is 1. The topological polar surface area (TPSA) is 43.1 Å². The lowest BCUT2D eigenvalue weighted by Gasteiger charge is -1.98. The smallest absolute Gasteiger partial charge is 0.258 e. The Hall–Kier alpha value is -1.03. The first kappa shape index (κ1) is 9.06. The van der Waals surface area contributed by atoms with Crippen molar-refractivity contribution in [2.75, 3.05) is 0 Å². The maximum atomic E-state index is 10.5. The molecule has 0 unspecified atom stereocenters. The molecule has 0 spiro atoms. The first-order valence-electron chi connectivity index (χ1n) is 3.44. The number of hydrogen-bond acceptors (Lipinski definition) is 3. The molecule has 12 heavy (non-hydrogen) atoms. The van der Waals surface area contributed by atoms with Crippen molar-refractivity contribution in [3.63, 3.8) is 0 Å². The van der Waals surface area contributed by atoms with Gasteiger partial charge in [-0.15, -0.1) is 0 Å². The fourth-order valence-corrected chi connectivity index (χ4v) is 1.16. The summed E-state index contributed by atoms with van der Waals surface area (Å²) in [4.78, 5) is 10.1. The molecule has 1 aromatic rings. The normalized spacial score (nSPS) is 9.75. The molecule has 0 heterocycles. The van der Waals surface area contributed by atoms with Gasteiger partial charge in [0.05, 0.1) is 4.92 Å². The van der Waals surface area contributed by atoms with Crippen molar-refractivity contribution in [2.45, 2.75) is 6.42 Å². The Bertz CT molecular complexity index is 288. The van der Waals surface area contributed by atoms with Crippen LogP contribution in [0.1, 0.15) is 5.56 Å². The van der Waals surface area contributed by atoms with E-state index in [2.05, 4.69) is 12.6 Å². The van der Waals surface area contributed by atoms with Crippen LogP contribution in [0, 0.1) is 15.9 Å². The van der Waals surface area contributed by atoms with Crippen molar-refractivity contribution >= 4 is 18.3 Å². The Morgan fingerprint density at radius 1 is 1.50 bits per heavy atom. The summed E-state index contributed by atoms with van der Waals surface area (Å²) >= 11 is 3.90. The predicted octanol–water partition coefficient (Wildman–Crippen LogP) is 2.23. The fraction of sp³-hybridized carbons (Fsp3) is 0.125. The van der Waals surface area contributed by atoms with Crippen molar-refractivity contribution in [3.05, 3.63) is 45.7 Å². The van der Waals surface area contributed by atoms with Gasteiger partial charge in [0.25, 0.3) is 5.69 Å². The Morgan fingerprint density at radius 3 is 2.75 bits per heavy atom. The third-order valence-corrected chi connectivity index (χ3v) is 1.68. The molecule has 3 nitrogen and oxygen atoms in total. The zero-order valence-corrected chi connectivity index (χ0v) is 7.20. The Balaban J connectivity index is 3.00. The van der Waals surface area contributed by atoms with Crippen molar-refractivity contribution in [1.29, 1.82) is 0 Å². The molecular weight excluding hydrogens is 174 g/mol. The van der Waals surface area contributed by atoms with Crippen molar-refractivity contribution in [3.8, 4) is 0 Å². The molecule has 0 aliphatic rings. The summed E-state index contributed by atoms with van der Waals surface area (Å²) in [6.07, 6.45) is 0.514. The molecule has 0 saturated carbocycles. The molecule has 0 saturated heterocycles. The number of para-hydroxylation sites is 1. The van der Waals surface area contributed by atoms with E-state index in [0.29, 0.717) is 12.0 Å². The lowest BCUT2D eigenvalue weighted by Crippen LogP contribution is -1.93. The third-order valence-electron chi connectivity index (χ3n) is 1.50. The van der Waals surface area contributed by atoms with Gasteiger partial charge in [0.1, 0.15) is 0 Å². The molecule has 0 aromatic heterocycles. The summed E-state index contributed by atoms with van der Waals surface area (Å²) in [5.41, 5.74) is 0.848. The molecule has 1 radical (unpaired) electrons. The fourth-order valence-electron chi connectivity index (χ4n) is 0.960. The lowest BCUT2D eigenvalue weighted by molar-refractivity contribution is -0.385. The first-order chi connectivity index (χ1) is 5.75. The van der Waals surface area contributed by atoms with Crippen LogP contribution in [0.5, 0.6) is 0 Å². The summed E-state index contributed by atoms with van der Waals surface area (Å²) in [6, 6.07) is 6.65. The average Bonchev–Trinajstić information content (AvgIpc) is 2.05. The standard InChI is InChI=1S/C8H8NO2S/c10-9(11)8-4-2-1-3-7(8)5-6-12/h1-4,6,12H,5H2. The van der Waals surface area contributed by atoms with Crippen LogP contribution in [0.15, 0.2) is 24.3 Å². The zero-order valence-electron chi connectivity index (χ0n) is 6.30. The lowest BCUT2D eigenvalue weighted by atomic mass is 10.1. The van der Waals surface area contributed by atoms with Crippen LogP contribution in [0.4, 0.5) is 5.69 Å². The van der Waals surface area contributed by atoms with E-state index in [1.807, 2.05) is 0 Å². The molecule has 0 aliphatic heterocycles. The van der Waals surface area contributed by atoms with Gasteiger partial charge in [-0.05, 0) is 6.42 Å². The van der Waals surface area contributed by atoms with Crippen LogP contribution in [0.25, 0.3) is 0 Å². The van der Waals surface area contributed by atoms with Gasteiger partial charge in [0, 0.05) is 17.4 Å². The molecule has 1 aromatic carbocycles. The second kappa shape index (κ2) is 4.11. The third kappa shape index (κ3) is 1.98. The van der Waals surface area contributed by atoms with Crippen molar-refractivity contribution < 1.29 is 4.92 Å². The van der Waals surface area contributed by atoms with E-state index in [1.165, 1.54) is 6.07 Å². The average molecular weight is 182 g/mol. The number of hydrogen-bond donors (Lipinski definition) is 1. The van der Waals surface area contributed by atoms with E-state index in [1.54, 1.807) is 24.0 Å². The highest BCUT2D eigenvalue weighted by atomic mass is 32.1. The Kier molecular flexibility index (Phi) is 3.10. The maximum absolute atomic E-state index is 10.5. The van der Waals surface area contributed by atoms with Gasteiger partial charge < -0.3 is 0 Å². The molecule has 0 aliphatic carbocycles. The van der Waals surface area contributed by atoms with Gasteiger partial charge in [0.15, 0.2) is 0 Å². The number of nitrogens with zero attached hydrogens (tertiary/aromatic N) is 1. The highest BCUT2D eigenvalue weighted by molar-refractivity contribution is 7.82. The Morgan fingerprint density at radius 2 is 2.17 bits per heavy atom. The number of benzene rings is 1. The van der Waals surface area contributed by atoms with E-state index >= 15 is 0 Å². The first-order valence-corrected chi connectivity index (χ1v) is 3.95. The van der Waals surface area contributed by atoms with Gasteiger partial charge in [-0.2, -0.15) is 12.6 Å². The molecule has 0 atom stereocenters. The SMILES string of the molecule is O=[N+]([O-])c1ccccc1C[CH]S. The second-order valence-electron chi connectivity index (χ2n) is 2.27. The predicted molar refractivity (Wildman–Crippen MR) is 50.1 cm³/mol. The van der Waals surface area contributed by atoms with Gasteiger partial charge in [0.2, 0.25) is 0 Å². The van der Waals surface area contributed by atoms with Crippen LogP contribution in [-0.2, 0) is 6.42 Å².